The van der Waals surface area contributed by atoms with Crippen molar-refractivity contribution in [3.63, 3.8) is 0 Å². The second kappa shape index (κ2) is 8.24. The first-order chi connectivity index (χ1) is 15.0. The molecule has 0 saturated carbocycles. The normalized spacial score (nSPS) is 19.4. The monoisotopic (exact) mass is 427 g/mol. The van der Waals surface area contributed by atoms with Crippen molar-refractivity contribution in [3.8, 4) is 11.4 Å². The van der Waals surface area contributed by atoms with Crippen LogP contribution in [0.3, 0.4) is 0 Å². The second-order valence-corrected chi connectivity index (χ2v) is 8.01. The maximum absolute atomic E-state index is 13.5. The zero-order valence-electron chi connectivity index (χ0n) is 17.1. The standard InChI is InChI=1S/C22H23F2N5O2/c1-14-4-17(9-21(5-14)31-20-2-3-28(10-20)19-11-30-12-19)26-22-25-13-29(27-22)18-7-15(23)6-16(24)8-18/h4-9,13,19-20H,2-3,10-12H2,1H3,(H,26,27)/t20-/m1/s1. The molecule has 0 amide bonds. The minimum atomic E-state index is -0.671. The largest absolute Gasteiger partial charge is 0.489 e. The summed E-state index contributed by atoms with van der Waals surface area (Å²) in [5.74, 6) is -0.240. The van der Waals surface area contributed by atoms with Crippen molar-refractivity contribution in [3.05, 3.63) is 59.9 Å². The molecule has 1 N–H and O–H groups in total. The lowest BCUT2D eigenvalue weighted by atomic mass is 10.2. The molecule has 2 fully saturated rings. The molecule has 162 valence electrons. The number of nitrogens with one attached hydrogen (secondary N) is 1. The number of hydrogen-bond acceptors (Lipinski definition) is 6. The molecule has 7 nitrogen and oxygen atoms in total. The molecule has 1 atom stereocenters. The van der Waals surface area contributed by atoms with Crippen LogP contribution in [0, 0.1) is 18.6 Å². The van der Waals surface area contributed by atoms with Crippen molar-refractivity contribution in [2.45, 2.75) is 25.5 Å². The molecule has 0 unspecified atom stereocenters. The lowest BCUT2D eigenvalue weighted by Crippen LogP contribution is -2.48. The Hall–Kier alpha value is -3.04. The highest BCUT2D eigenvalue weighted by Crippen LogP contribution is 2.27. The van der Waals surface area contributed by atoms with Gasteiger partial charge in [0.15, 0.2) is 0 Å². The van der Waals surface area contributed by atoms with Gasteiger partial charge in [0.25, 0.3) is 0 Å². The molecule has 0 spiro atoms. The van der Waals surface area contributed by atoms with Gasteiger partial charge in [0.1, 0.15) is 29.8 Å². The van der Waals surface area contributed by atoms with E-state index < -0.39 is 11.6 Å². The minimum Gasteiger partial charge on any atom is -0.489 e. The predicted molar refractivity (Wildman–Crippen MR) is 111 cm³/mol. The molecular weight excluding hydrogens is 404 g/mol. The number of likely N-dealkylation sites (tertiary alicyclic amines) is 1. The van der Waals surface area contributed by atoms with Crippen LogP contribution in [-0.2, 0) is 4.74 Å². The van der Waals surface area contributed by atoms with Gasteiger partial charge < -0.3 is 14.8 Å². The summed E-state index contributed by atoms with van der Waals surface area (Å²) in [6, 6.07) is 9.60. The number of hydrogen-bond donors (Lipinski definition) is 1. The van der Waals surface area contributed by atoms with Crippen molar-refractivity contribution in [2.24, 2.45) is 0 Å². The Morgan fingerprint density at radius 2 is 1.90 bits per heavy atom. The molecule has 0 aliphatic carbocycles. The highest BCUT2D eigenvalue weighted by atomic mass is 19.1. The van der Waals surface area contributed by atoms with Crippen molar-refractivity contribution in [1.29, 1.82) is 0 Å². The van der Waals surface area contributed by atoms with E-state index in [1.165, 1.54) is 23.1 Å². The Balaban J connectivity index is 1.27. The lowest BCUT2D eigenvalue weighted by molar-refractivity contribution is -0.0592. The number of aryl methyl sites for hydroxylation is 1. The number of anilines is 2. The number of ether oxygens (including phenoxy) is 2. The molecule has 2 aliphatic heterocycles. The minimum absolute atomic E-state index is 0.149. The van der Waals surface area contributed by atoms with Gasteiger partial charge in [0.2, 0.25) is 5.95 Å². The van der Waals surface area contributed by atoms with Gasteiger partial charge in [0, 0.05) is 30.9 Å². The van der Waals surface area contributed by atoms with Gasteiger partial charge in [-0.1, -0.05) is 0 Å². The van der Waals surface area contributed by atoms with Crippen LogP contribution in [0.2, 0.25) is 0 Å². The molecular formula is C22H23F2N5O2. The molecule has 2 aromatic carbocycles. The van der Waals surface area contributed by atoms with E-state index in [9.17, 15) is 8.78 Å². The van der Waals surface area contributed by atoms with Gasteiger partial charge in [-0.25, -0.2) is 13.5 Å². The summed E-state index contributed by atoms with van der Waals surface area (Å²) in [6.07, 6.45) is 2.54. The summed E-state index contributed by atoms with van der Waals surface area (Å²) in [5, 5.41) is 7.40. The fourth-order valence-electron chi connectivity index (χ4n) is 3.94. The molecule has 9 heteroatoms. The van der Waals surface area contributed by atoms with Crippen LogP contribution in [-0.4, -0.2) is 58.1 Å². The van der Waals surface area contributed by atoms with Crippen LogP contribution in [0.1, 0.15) is 12.0 Å². The molecule has 5 rings (SSSR count). The SMILES string of the molecule is Cc1cc(Nc2ncn(-c3cc(F)cc(F)c3)n2)cc(O[C@@H]2CCN(C3COC3)C2)c1. The Bertz CT molecular complexity index is 1070. The summed E-state index contributed by atoms with van der Waals surface area (Å²) < 4.78 is 39.8. The third kappa shape index (κ3) is 4.52. The number of nitrogens with zero attached hydrogens (tertiary/aromatic N) is 4. The van der Waals surface area contributed by atoms with Gasteiger partial charge in [-0.15, -0.1) is 5.10 Å². The number of benzene rings is 2. The maximum atomic E-state index is 13.5. The molecule has 2 aliphatic rings. The third-order valence-corrected chi connectivity index (χ3v) is 5.53. The predicted octanol–water partition coefficient (Wildman–Crippen LogP) is 3.45. The summed E-state index contributed by atoms with van der Waals surface area (Å²) in [5.41, 5.74) is 2.07. The summed E-state index contributed by atoms with van der Waals surface area (Å²) in [4.78, 5) is 6.62. The zero-order valence-corrected chi connectivity index (χ0v) is 17.1. The fourth-order valence-corrected chi connectivity index (χ4v) is 3.94. The van der Waals surface area contributed by atoms with E-state index in [1.54, 1.807) is 0 Å². The van der Waals surface area contributed by atoms with Crippen LogP contribution >= 0.6 is 0 Å². The molecule has 1 aromatic heterocycles. The van der Waals surface area contributed by atoms with Gasteiger partial charge in [-0.2, -0.15) is 4.98 Å². The first kappa shape index (κ1) is 19.9. The lowest BCUT2D eigenvalue weighted by Gasteiger charge is -2.34. The zero-order chi connectivity index (χ0) is 21.4. The van der Waals surface area contributed by atoms with Gasteiger partial charge in [-0.3, -0.25) is 4.90 Å². The summed E-state index contributed by atoms with van der Waals surface area (Å²) in [7, 11) is 0. The van der Waals surface area contributed by atoms with Crippen LogP contribution in [0.15, 0.2) is 42.7 Å². The van der Waals surface area contributed by atoms with Gasteiger partial charge in [-0.05, 0) is 43.2 Å². The van der Waals surface area contributed by atoms with Crippen molar-refractivity contribution < 1.29 is 18.3 Å². The van der Waals surface area contributed by atoms with Crippen LogP contribution in [0.5, 0.6) is 5.75 Å². The first-order valence-electron chi connectivity index (χ1n) is 10.3. The molecule has 31 heavy (non-hydrogen) atoms. The fraction of sp³-hybridized carbons (Fsp3) is 0.364. The molecule has 0 radical (unpaired) electrons. The maximum Gasteiger partial charge on any atom is 0.246 e. The number of rotatable bonds is 6. The Kier molecular flexibility index (Phi) is 5.29. The topological polar surface area (TPSA) is 64.4 Å². The molecule has 3 heterocycles. The van der Waals surface area contributed by atoms with Crippen molar-refractivity contribution in [2.75, 3.05) is 31.6 Å². The Morgan fingerprint density at radius 3 is 2.65 bits per heavy atom. The van der Waals surface area contributed by atoms with Gasteiger partial charge in [0.05, 0.1) is 24.9 Å². The molecule has 3 aromatic rings. The highest BCUT2D eigenvalue weighted by molar-refractivity contribution is 5.57. The second-order valence-electron chi connectivity index (χ2n) is 8.01. The number of halogens is 2. The summed E-state index contributed by atoms with van der Waals surface area (Å²) >= 11 is 0. The van der Waals surface area contributed by atoms with Crippen LogP contribution in [0.4, 0.5) is 20.4 Å². The molecule has 2 saturated heterocycles. The van der Waals surface area contributed by atoms with E-state index >= 15 is 0 Å². The summed E-state index contributed by atoms with van der Waals surface area (Å²) in [6.45, 7) is 5.55. The highest BCUT2D eigenvalue weighted by Gasteiger charge is 2.33. The quantitative estimate of drug-likeness (QED) is 0.650. The van der Waals surface area contributed by atoms with Crippen LogP contribution in [0.25, 0.3) is 5.69 Å². The van der Waals surface area contributed by atoms with E-state index in [-0.39, 0.29) is 11.8 Å². The third-order valence-electron chi connectivity index (χ3n) is 5.53. The van der Waals surface area contributed by atoms with Crippen LogP contribution < -0.4 is 10.1 Å². The average Bonchev–Trinajstić information content (AvgIpc) is 3.29. The van der Waals surface area contributed by atoms with E-state index in [4.69, 9.17) is 9.47 Å². The van der Waals surface area contributed by atoms with E-state index in [2.05, 4.69) is 20.3 Å². The smallest absolute Gasteiger partial charge is 0.246 e. The van der Waals surface area contributed by atoms with E-state index in [0.29, 0.717) is 12.0 Å². The Morgan fingerprint density at radius 1 is 1.10 bits per heavy atom. The van der Waals surface area contributed by atoms with E-state index in [0.717, 1.165) is 55.8 Å². The van der Waals surface area contributed by atoms with Gasteiger partial charge >= 0.3 is 0 Å². The number of aromatic nitrogens is 3. The van der Waals surface area contributed by atoms with E-state index in [1.807, 2.05) is 25.1 Å². The molecule has 0 bridgehead atoms. The average molecular weight is 427 g/mol. The first-order valence-corrected chi connectivity index (χ1v) is 10.3. The van der Waals surface area contributed by atoms with Crippen molar-refractivity contribution >= 4 is 11.6 Å². The Labute approximate surface area is 178 Å². The van der Waals surface area contributed by atoms with Crippen molar-refractivity contribution in [1.82, 2.24) is 19.7 Å².